The van der Waals surface area contributed by atoms with Gasteiger partial charge in [-0.25, -0.2) is 5.43 Å². The normalized spacial score (nSPS) is 10.8. The summed E-state index contributed by atoms with van der Waals surface area (Å²) in [5.41, 5.74) is 4.68. The molecule has 0 bridgehead atoms. The van der Waals surface area contributed by atoms with E-state index < -0.39 is 5.91 Å². The van der Waals surface area contributed by atoms with Gasteiger partial charge in [0.05, 0.1) is 30.5 Å². The highest BCUT2D eigenvalue weighted by molar-refractivity contribution is 6.36. The number of hydrogen-bond acceptors (Lipinski definition) is 4. The molecule has 5 nitrogen and oxygen atoms in total. The van der Waals surface area contributed by atoms with Crippen LogP contribution in [0.2, 0.25) is 10.0 Å². The van der Waals surface area contributed by atoms with Crippen LogP contribution < -0.4 is 14.9 Å². The minimum Gasteiger partial charge on any atom is -0.493 e. The predicted molar refractivity (Wildman–Crippen MR) is 120 cm³/mol. The molecule has 0 aromatic heterocycles. The molecule has 0 aliphatic heterocycles. The van der Waals surface area contributed by atoms with Crippen LogP contribution in [0.15, 0.2) is 71.8 Å². The fourth-order valence-corrected chi connectivity index (χ4v) is 3.20. The minimum absolute atomic E-state index is 0.258. The Morgan fingerprint density at radius 1 is 1.03 bits per heavy atom. The van der Waals surface area contributed by atoms with Crippen LogP contribution >= 0.6 is 23.2 Å². The van der Waals surface area contributed by atoms with Gasteiger partial charge in [-0.15, -0.1) is 0 Å². The van der Waals surface area contributed by atoms with Crippen molar-refractivity contribution in [1.82, 2.24) is 5.43 Å². The lowest BCUT2D eigenvalue weighted by Gasteiger charge is -2.11. The Hall–Kier alpha value is -3.02. The maximum atomic E-state index is 12.2. The molecule has 0 atom stereocenters. The number of benzene rings is 3. The number of carbonyl (C=O) groups excluding carboxylic acids is 1. The molecule has 30 heavy (non-hydrogen) atoms. The molecule has 0 aliphatic rings. The van der Waals surface area contributed by atoms with Gasteiger partial charge >= 0.3 is 0 Å². The van der Waals surface area contributed by atoms with Crippen LogP contribution in [0.1, 0.15) is 21.5 Å². The fraction of sp³-hybridized carbons (Fsp3) is 0.130. The van der Waals surface area contributed by atoms with E-state index in [4.69, 9.17) is 32.7 Å². The summed E-state index contributed by atoms with van der Waals surface area (Å²) >= 11 is 11.9. The molecule has 1 amide bonds. The second-order valence-corrected chi connectivity index (χ2v) is 7.16. The summed E-state index contributed by atoms with van der Waals surface area (Å²) in [4.78, 5) is 12.2. The zero-order valence-electron chi connectivity index (χ0n) is 16.3. The SMILES string of the molecule is COc1cc(/C=N/NC(=O)c2ccc(Cl)cc2Cl)ccc1OCCc1ccccc1. The number of amides is 1. The Bertz CT molecular complexity index is 1040. The monoisotopic (exact) mass is 442 g/mol. The summed E-state index contributed by atoms with van der Waals surface area (Å²) in [6, 6.07) is 20.2. The number of hydrazone groups is 1. The van der Waals surface area contributed by atoms with Gasteiger partial charge in [-0.05, 0) is 47.5 Å². The topological polar surface area (TPSA) is 59.9 Å². The largest absolute Gasteiger partial charge is 0.493 e. The Kier molecular flexibility index (Phi) is 7.71. The van der Waals surface area contributed by atoms with Crippen LogP contribution in [0, 0.1) is 0 Å². The Balaban J connectivity index is 1.59. The number of carbonyl (C=O) groups is 1. The molecule has 1 N–H and O–H groups in total. The quantitative estimate of drug-likeness (QED) is 0.375. The summed E-state index contributed by atoms with van der Waals surface area (Å²) in [7, 11) is 1.57. The first-order chi connectivity index (χ1) is 14.6. The van der Waals surface area contributed by atoms with Crippen LogP contribution in [0.5, 0.6) is 11.5 Å². The van der Waals surface area contributed by atoms with Crippen molar-refractivity contribution in [2.24, 2.45) is 5.10 Å². The molecule has 0 heterocycles. The Labute approximate surface area is 185 Å². The van der Waals surface area contributed by atoms with Gasteiger partial charge in [0, 0.05) is 11.4 Å². The second-order valence-electron chi connectivity index (χ2n) is 6.32. The molecule has 0 aliphatic carbocycles. The average Bonchev–Trinajstić information content (AvgIpc) is 2.75. The van der Waals surface area contributed by atoms with Crippen LogP contribution in [0.25, 0.3) is 0 Å². The molecule has 3 rings (SSSR count). The molecule has 0 saturated carbocycles. The van der Waals surface area contributed by atoms with E-state index in [2.05, 4.69) is 22.7 Å². The van der Waals surface area contributed by atoms with Crippen molar-refractivity contribution in [3.05, 3.63) is 93.5 Å². The molecule has 3 aromatic carbocycles. The Morgan fingerprint density at radius 3 is 2.57 bits per heavy atom. The van der Waals surface area contributed by atoms with Crippen LogP contribution in [0.3, 0.4) is 0 Å². The van der Waals surface area contributed by atoms with E-state index >= 15 is 0 Å². The highest BCUT2D eigenvalue weighted by Crippen LogP contribution is 2.27. The van der Waals surface area contributed by atoms with Gasteiger partial charge in [0.1, 0.15) is 0 Å². The first-order valence-corrected chi connectivity index (χ1v) is 9.95. The zero-order valence-corrected chi connectivity index (χ0v) is 17.8. The third-order valence-electron chi connectivity index (χ3n) is 4.23. The first-order valence-electron chi connectivity index (χ1n) is 9.20. The number of nitrogens with zero attached hydrogens (tertiary/aromatic N) is 1. The zero-order chi connectivity index (χ0) is 21.3. The van der Waals surface area contributed by atoms with Gasteiger partial charge in [0.25, 0.3) is 5.91 Å². The third kappa shape index (κ3) is 5.99. The van der Waals surface area contributed by atoms with Crippen LogP contribution in [-0.4, -0.2) is 25.8 Å². The summed E-state index contributed by atoms with van der Waals surface area (Å²) < 4.78 is 11.3. The molecule has 0 radical (unpaired) electrons. The average molecular weight is 443 g/mol. The van der Waals surface area contributed by atoms with E-state index in [1.54, 1.807) is 25.3 Å². The molecule has 0 spiro atoms. The lowest BCUT2D eigenvalue weighted by atomic mass is 10.2. The first kappa shape index (κ1) is 21.7. The molecular weight excluding hydrogens is 423 g/mol. The predicted octanol–water partition coefficient (Wildman–Crippen LogP) is 5.39. The van der Waals surface area contributed by atoms with Crippen molar-refractivity contribution in [2.75, 3.05) is 13.7 Å². The van der Waals surface area contributed by atoms with E-state index in [9.17, 15) is 4.79 Å². The number of rotatable bonds is 8. The minimum atomic E-state index is -0.430. The lowest BCUT2D eigenvalue weighted by molar-refractivity contribution is 0.0955. The summed E-state index contributed by atoms with van der Waals surface area (Å²) in [6.07, 6.45) is 2.31. The van der Waals surface area contributed by atoms with Gasteiger partial charge in [0.2, 0.25) is 0 Å². The second kappa shape index (κ2) is 10.7. The standard InChI is InChI=1S/C23H20Cl2N2O3/c1-29-22-13-17(7-10-21(22)30-12-11-16-5-3-2-4-6-16)15-26-27-23(28)19-9-8-18(24)14-20(19)25/h2-10,13-15H,11-12H2,1H3,(H,27,28)/b26-15+. The van der Waals surface area contributed by atoms with E-state index in [0.717, 1.165) is 12.0 Å². The van der Waals surface area contributed by atoms with Gasteiger partial charge in [0.15, 0.2) is 11.5 Å². The van der Waals surface area contributed by atoms with Crippen molar-refractivity contribution in [3.63, 3.8) is 0 Å². The van der Waals surface area contributed by atoms with E-state index in [1.165, 1.54) is 17.8 Å². The lowest BCUT2D eigenvalue weighted by Crippen LogP contribution is -2.18. The number of halogens is 2. The highest BCUT2D eigenvalue weighted by atomic mass is 35.5. The summed E-state index contributed by atoms with van der Waals surface area (Å²) in [6.45, 7) is 0.533. The molecule has 0 fully saturated rings. The van der Waals surface area contributed by atoms with Gasteiger partial charge in [-0.1, -0.05) is 53.5 Å². The van der Waals surface area contributed by atoms with Crippen molar-refractivity contribution in [1.29, 1.82) is 0 Å². The van der Waals surface area contributed by atoms with Gasteiger partial charge in [-0.3, -0.25) is 4.79 Å². The number of hydrogen-bond donors (Lipinski definition) is 1. The molecule has 0 saturated heterocycles. The van der Waals surface area contributed by atoms with E-state index in [0.29, 0.717) is 23.1 Å². The smallest absolute Gasteiger partial charge is 0.272 e. The van der Waals surface area contributed by atoms with Crippen LogP contribution in [-0.2, 0) is 6.42 Å². The summed E-state index contributed by atoms with van der Waals surface area (Å²) in [5, 5.41) is 4.69. The van der Waals surface area contributed by atoms with Crippen molar-refractivity contribution >= 4 is 35.3 Å². The maximum Gasteiger partial charge on any atom is 0.272 e. The fourth-order valence-electron chi connectivity index (χ4n) is 2.71. The molecule has 7 heteroatoms. The highest BCUT2D eigenvalue weighted by Gasteiger charge is 2.10. The van der Waals surface area contributed by atoms with E-state index in [1.807, 2.05) is 30.3 Å². The van der Waals surface area contributed by atoms with Gasteiger partial charge in [-0.2, -0.15) is 5.10 Å². The number of ether oxygens (including phenoxy) is 2. The molecule has 154 valence electrons. The summed E-state index contributed by atoms with van der Waals surface area (Å²) in [5.74, 6) is 0.794. The van der Waals surface area contributed by atoms with Gasteiger partial charge < -0.3 is 9.47 Å². The van der Waals surface area contributed by atoms with Crippen molar-refractivity contribution in [2.45, 2.75) is 6.42 Å². The number of nitrogens with one attached hydrogen (secondary N) is 1. The molecule has 3 aromatic rings. The Morgan fingerprint density at radius 2 is 1.83 bits per heavy atom. The molecular formula is C23H20Cl2N2O3. The maximum absolute atomic E-state index is 12.2. The van der Waals surface area contributed by atoms with Crippen molar-refractivity contribution < 1.29 is 14.3 Å². The molecule has 0 unspecified atom stereocenters. The van der Waals surface area contributed by atoms with Crippen molar-refractivity contribution in [3.8, 4) is 11.5 Å². The number of methoxy groups -OCH3 is 1. The van der Waals surface area contributed by atoms with Crippen LogP contribution in [0.4, 0.5) is 0 Å². The van der Waals surface area contributed by atoms with E-state index in [-0.39, 0.29) is 10.6 Å². The third-order valence-corrected chi connectivity index (χ3v) is 4.78.